The molecule has 0 amide bonds. The van der Waals surface area contributed by atoms with Gasteiger partial charge in [-0.2, -0.15) is 18.4 Å². The molecule has 2 aromatic heterocycles. The number of fused-ring (bicyclic) bond motifs is 1. The van der Waals surface area contributed by atoms with Gasteiger partial charge in [-0.1, -0.05) is 12.1 Å². The molecule has 1 aromatic carbocycles. The Hall–Kier alpha value is -3.38. The summed E-state index contributed by atoms with van der Waals surface area (Å²) < 4.78 is 38.0. The predicted molar refractivity (Wildman–Crippen MR) is 131 cm³/mol. The Morgan fingerprint density at radius 1 is 1.23 bits per heavy atom. The SMILES string of the molecule is C/C=C/c1nc(CCC(F)(F)F)cc(NC2CCN(Cc3ccc4[nH]c(C#N)cc4c3C)CC2)n1. The van der Waals surface area contributed by atoms with Crippen LogP contribution >= 0.6 is 0 Å². The van der Waals surface area contributed by atoms with Crippen molar-refractivity contribution in [3.63, 3.8) is 0 Å². The van der Waals surface area contributed by atoms with Gasteiger partial charge >= 0.3 is 6.18 Å². The first-order valence-electron chi connectivity index (χ1n) is 11.8. The van der Waals surface area contributed by atoms with Crippen LogP contribution < -0.4 is 5.32 Å². The lowest BCUT2D eigenvalue weighted by Gasteiger charge is -2.33. The molecule has 0 bridgehead atoms. The molecule has 0 aliphatic carbocycles. The largest absolute Gasteiger partial charge is 0.389 e. The summed E-state index contributed by atoms with van der Waals surface area (Å²) in [5, 5.41) is 13.7. The molecule has 4 rings (SSSR count). The molecule has 0 unspecified atom stereocenters. The normalized spacial score (nSPS) is 15.7. The van der Waals surface area contributed by atoms with Crippen LogP contribution in [0.4, 0.5) is 19.0 Å². The van der Waals surface area contributed by atoms with Crippen LogP contribution in [-0.2, 0) is 13.0 Å². The number of allylic oxidation sites excluding steroid dienone is 1. The molecular formula is C26H29F3N6. The van der Waals surface area contributed by atoms with Crippen LogP contribution in [0.25, 0.3) is 17.0 Å². The van der Waals surface area contributed by atoms with Crippen LogP contribution in [0.1, 0.15) is 54.5 Å². The van der Waals surface area contributed by atoms with Crippen molar-refractivity contribution in [1.29, 1.82) is 5.26 Å². The predicted octanol–water partition coefficient (Wildman–Crippen LogP) is 5.74. The molecule has 6 nitrogen and oxygen atoms in total. The summed E-state index contributed by atoms with van der Waals surface area (Å²) in [7, 11) is 0. The van der Waals surface area contributed by atoms with E-state index in [-0.39, 0.29) is 12.5 Å². The molecule has 1 aliphatic heterocycles. The topological polar surface area (TPSA) is 80.6 Å². The summed E-state index contributed by atoms with van der Waals surface area (Å²) in [4.78, 5) is 14.2. The molecule has 2 N–H and O–H groups in total. The number of aromatic nitrogens is 3. The molecule has 35 heavy (non-hydrogen) atoms. The summed E-state index contributed by atoms with van der Waals surface area (Å²) in [6, 6.07) is 10.0. The highest BCUT2D eigenvalue weighted by molar-refractivity contribution is 5.85. The van der Waals surface area contributed by atoms with Crippen LogP contribution in [0, 0.1) is 18.3 Å². The fraction of sp³-hybridized carbons (Fsp3) is 0.423. The van der Waals surface area contributed by atoms with Gasteiger partial charge < -0.3 is 10.3 Å². The zero-order valence-electron chi connectivity index (χ0n) is 19.9. The number of H-pyrrole nitrogens is 1. The maximum atomic E-state index is 12.7. The monoisotopic (exact) mass is 482 g/mol. The molecule has 9 heteroatoms. The Morgan fingerprint density at radius 3 is 2.69 bits per heavy atom. The second kappa shape index (κ2) is 10.5. The fourth-order valence-corrected chi connectivity index (χ4v) is 4.52. The molecule has 3 heterocycles. The Labute approximate surface area is 202 Å². The number of aryl methyl sites for hydroxylation is 2. The van der Waals surface area contributed by atoms with Crippen LogP contribution in [0.5, 0.6) is 0 Å². The van der Waals surface area contributed by atoms with Crippen molar-refractivity contribution in [3.8, 4) is 6.07 Å². The number of nitrogens with zero attached hydrogens (tertiary/aromatic N) is 4. The van der Waals surface area contributed by atoms with Crippen molar-refractivity contribution in [1.82, 2.24) is 19.9 Å². The highest BCUT2D eigenvalue weighted by Crippen LogP contribution is 2.26. The maximum Gasteiger partial charge on any atom is 0.389 e. The fourth-order valence-electron chi connectivity index (χ4n) is 4.52. The lowest BCUT2D eigenvalue weighted by Crippen LogP contribution is -2.39. The van der Waals surface area contributed by atoms with Crippen LogP contribution in [0.2, 0.25) is 0 Å². The van der Waals surface area contributed by atoms with E-state index in [2.05, 4.69) is 44.2 Å². The van der Waals surface area contributed by atoms with Crippen molar-refractivity contribution in [2.45, 2.75) is 58.3 Å². The average Bonchev–Trinajstić information content (AvgIpc) is 3.25. The first-order chi connectivity index (χ1) is 16.7. The van der Waals surface area contributed by atoms with Gasteiger partial charge in [-0.25, -0.2) is 9.97 Å². The number of likely N-dealkylation sites (tertiary alicyclic amines) is 1. The minimum Gasteiger partial charge on any atom is -0.367 e. The van der Waals surface area contributed by atoms with E-state index >= 15 is 0 Å². The first kappa shape index (κ1) is 24.7. The van der Waals surface area contributed by atoms with Crippen LogP contribution in [0.15, 0.2) is 30.3 Å². The second-order valence-corrected chi connectivity index (χ2v) is 9.02. The van der Waals surface area contributed by atoms with Gasteiger partial charge in [-0.15, -0.1) is 0 Å². The number of aromatic amines is 1. The van der Waals surface area contributed by atoms with Gasteiger partial charge in [0.25, 0.3) is 0 Å². The van der Waals surface area contributed by atoms with E-state index in [4.69, 9.17) is 5.26 Å². The summed E-state index contributed by atoms with van der Waals surface area (Å²) in [5.74, 6) is 0.994. The molecule has 0 radical (unpaired) electrons. The summed E-state index contributed by atoms with van der Waals surface area (Å²) in [6.45, 7) is 6.56. The molecule has 0 saturated carbocycles. The lowest BCUT2D eigenvalue weighted by atomic mass is 10.0. The quantitative estimate of drug-likeness (QED) is 0.449. The van der Waals surface area contributed by atoms with E-state index in [1.807, 2.05) is 19.1 Å². The number of nitrogens with one attached hydrogen (secondary N) is 2. The highest BCUT2D eigenvalue weighted by Gasteiger charge is 2.27. The van der Waals surface area contributed by atoms with Gasteiger partial charge in [0.1, 0.15) is 17.6 Å². The van der Waals surface area contributed by atoms with Crippen LogP contribution in [0.3, 0.4) is 0 Å². The summed E-state index contributed by atoms with van der Waals surface area (Å²) >= 11 is 0. The van der Waals surface area contributed by atoms with E-state index in [9.17, 15) is 13.2 Å². The molecular weight excluding hydrogens is 453 g/mol. The zero-order valence-corrected chi connectivity index (χ0v) is 19.9. The van der Waals surface area contributed by atoms with Crippen molar-refractivity contribution in [3.05, 3.63) is 58.7 Å². The van der Waals surface area contributed by atoms with Crippen molar-refractivity contribution < 1.29 is 13.2 Å². The number of halogens is 3. The zero-order chi connectivity index (χ0) is 25.0. The molecule has 3 aromatic rings. The number of rotatable bonds is 7. The van der Waals surface area contributed by atoms with E-state index in [0.29, 0.717) is 23.0 Å². The van der Waals surface area contributed by atoms with Crippen molar-refractivity contribution >= 4 is 22.8 Å². The average molecular weight is 483 g/mol. The number of piperidine rings is 1. The Morgan fingerprint density at radius 2 is 2.00 bits per heavy atom. The standard InChI is InChI=1S/C26H29F3N6/c1-3-4-24-33-20(7-10-26(27,28)29)14-25(34-24)32-19-8-11-35(12-9-19)16-18-5-6-23-22(17(18)2)13-21(15-30)31-23/h3-6,13-14,19,31H,7-12,16H2,1-2H3,(H,32,33,34)/b4-3+. The van der Waals surface area contributed by atoms with Gasteiger partial charge in [-0.05, 0) is 62.4 Å². The van der Waals surface area contributed by atoms with Gasteiger partial charge in [0.2, 0.25) is 0 Å². The summed E-state index contributed by atoms with van der Waals surface area (Å²) in [6.07, 6.45) is 0.0182. The Bertz CT molecular complexity index is 1250. The van der Waals surface area contributed by atoms with E-state index in [1.54, 1.807) is 18.2 Å². The number of anilines is 1. The second-order valence-electron chi connectivity index (χ2n) is 9.02. The van der Waals surface area contributed by atoms with Gasteiger partial charge in [0.15, 0.2) is 5.82 Å². The van der Waals surface area contributed by atoms with Gasteiger partial charge in [0.05, 0.1) is 0 Å². The van der Waals surface area contributed by atoms with Gasteiger partial charge in [0, 0.05) is 54.8 Å². The van der Waals surface area contributed by atoms with Crippen LogP contribution in [-0.4, -0.2) is 45.2 Å². The van der Waals surface area contributed by atoms with E-state index < -0.39 is 12.6 Å². The molecule has 0 atom stereocenters. The number of nitriles is 1. The Kier molecular flexibility index (Phi) is 7.41. The smallest absolute Gasteiger partial charge is 0.367 e. The van der Waals surface area contributed by atoms with E-state index in [1.165, 1.54) is 11.1 Å². The highest BCUT2D eigenvalue weighted by atomic mass is 19.4. The van der Waals surface area contributed by atoms with Gasteiger partial charge in [-0.3, -0.25) is 4.90 Å². The molecule has 1 saturated heterocycles. The first-order valence-corrected chi connectivity index (χ1v) is 11.8. The molecule has 0 spiro atoms. The molecule has 184 valence electrons. The summed E-state index contributed by atoms with van der Waals surface area (Å²) in [5.41, 5.74) is 4.36. The van der Waals surface area contributed by atoms with Crippen molar-refractivity contribution in [2.24, 2.45) is 0 Å². The maximum absolute atomic E-state index is 12.7. The minimum atomic E-state index is -4.21. The molecule has 1 aliphatic rings. The van der Waals surface area contributed by atoms with Crippen molar-refractivity contribution in [2.75, 3.05) is 18.4 Å². The third kappa shape index (κ3) is 6.40. The Balaban J connectivity index is 1.37. The minimum absolute atomic E-state index is 0.162. The number of hydrogen-bond acceptors (Lipinski definition) is 5. The number of alkyl halides is 3. The molecule has 1 fully saturated rings. The number of benzene rings is 1. The third-order valence-corrected chi connectivity index (χ3v) is 6.42. The number of hydrogen-bond donors (Lipinski definition) is 2. The third-order valence-electron chi connectivity index (χ3n) is 6.42. The van der Waals surface area contributed by atoms with E-state index in [0.717, 1.165) is 43.4 Å². The lowest BCUT2D eigenvalue weighted by molar-refractivity contribution is -0.134.